The molecule has 0 aliphatic carbocycles. The van der Waals surface area contributed by atoms with E-state index in [2.05, 4.69) is 42.5 Å². The molecule has 17 N–H and O–H groups in total. The number of rotatable bonds is 34. The molecular weight excluding hydrogens is 965 g/mol. The summed E-state index contributed by atoms with van der Waals surface area (Å²) in [6, 6.07) is -6.15. The zero-order valence-electron chi connectivity index (χ0n) is 39.2. The predicted molar refractivity (Wildman–Crippen MR) is 254 cm³/mol. The van der Waals surface area contributed by atoms with Crippen LogP contribution in [-0.4, -0.2) is 182 Å². The molecular formula is C42H66N10O16S2. The summed E-state index contributed by atoms with van der Waals surface area (Å²) in [7, 11) is 0. The first kappa shape index (κ1) is 61.8. The van der Waals surface area contributed by atoms with E-state index in [0.717, 1.165) is 6.92 Å². The van der Waals surface area contributed by atoms with Crippen LogP contribution in [0.25, 0.3) is 0 Å². The van der Waals surface area contributed by atoms with E-state index in [0.29, 0.717) is 17.7 Å². The number of amides is 9. The number of carboxylic acid groups (broad SMARTS) is 2. The molecule has 0 saturated heterocycles. The number of phenols is 1. The third kappa shape index (κ3) is 23.4. The first-order valence-corrected chi connectivity index (χ1v) is 24.7. The molecule has 28 heteroatoms. The summed E-state index contributed by atoms with van der Waals surface area (Å²) in [6.07, 6.45) is 0.421. The Morgan fingerprint density at radius 2 is 1.10 bits per heavy atom. The second-order valence-electron chi connectivity index (χ2n) is 15.8. The van der Waals surface area contributed by atoms with Crippen LogP contribution in [-0.2, 0) is 59.2 Å². The second-order valence-corrected chi connectivity index (χ2v) is 17.8. The fourth-order valence-corrected chi connectivity index (χ4v) is 7.16. The minimum Gasteiger partial charge on any atom is -0.508 e. The molecule has 0 aliphatic rings. The number of aromatic hydroxyl groups is 1. The highest BCUT2D eigenvalue weighted by Crippen LogP contribution is 2.12. The number of nitrogens with two attached hydrogens (primary N) is 2. The summed E-state index contributed by atoms with van der Waals surface area (Å²) < 4.78 is 0. The van der Waals surface area contributed by atoms with Gasteiger partial charge in [0.05, 0.1) is 31.7 Å². The zero-order chi connectivity index (χ0) is 53.1. The highest BCUT2D eigenvalue weighted by atomic mass is 32.2. The van der Waals surface area contributed by atoms with Gasteiger partial charge in [0.2, 0.25) is 53.2 Å². The SMILES string of the molecule is CCC[C@H](NC(=O)[C@H](CCC(N)=O)NC(=O)[C@H](CO)NC(=O)[C@H](CCSC)NC(=O)[C@@H](NC(=O)CNC(=O)[C@H](CC(=O)O)NC(=O)[C@H](CCSC)NC(=O)[C@@H](N)Cc1ccc(O)cc1)[C@@H](C)O)C(=O)O. The Bertz CT molecular complexity index is 1960. The molecule has 0 bridgehead atoms. The van der Waals surface area contributed by atoms with E-state index in [-0.39, 0.29) is 43.6 Å². The van der Waals surface area contributed by atoms with Gasteiger partial charge in [-0.1, -0.05) is 25.5 Å². The van der Waals surface area contributed by atoms with E-state index >= 15 is 0 Å². The van der Waals surface area contributed by atoms with E-state index < -0.39 is 146 Å². The van der Waals surface area contributed by atoms with Crippen LogP contribution >= 0.6 is 23.5 Å². The number of aliphatic hydroxyl groups excluding tert-OH is 2. The van der Waals surface area contributed by atoms with Crippen LogP contribution in [0.4, 0.5) is 0 Å². The van der Waals surface area contributed by atoms with Gasteiger partial charge in [-0.2, -0.15) is 23.5 Å². The first-order valence-electron chi connectivity index (χ1n) is 21.9. The number of carbonyl (C=O) groups is 11. The molecule has 26 nitrogen and oxygen atoms in total. The third-order valence-corrected chi connectivity index (χ3v) is 11.3. The van der Waals surface area contributed by atoms with Crippen molar-refractivity contribution in [1.82, 2.24) is 42.5 Å². The normalized spacial score (nSPS) is 14.8. The minimum atomic E-state index is -1.78. The number of aliphatic hydroxyl groups is 2. The van der Waals surface area contributed by atoms with Crippen LogP contribution in [0.5, 0.6) is 5.75 Å². The van der Waals surface area contributed by atoms with Crippen molar-refractivity contribution >= 4 is 88.6 Å². The Kier molecular flexibility index (Phi) is 28.7. The Labute approximate surface area is 412 Å². The average Bonchev–Trinajstić information content (AvgIpc) is 3.29. The topological polar surface area (TPSA) is 437 Å². The monoisotopic (exact) mass is 1030 g/mol. The van der Waals surface area contributed by atoms with Gasteiger partial charge in [-0.3, -0.25) is 47.9 Å². The number of nitrogens with one attached hydrogen (secondary N) is 8. The van der Waals surface area contributed by atoms with Gasteiger partial charge in [-0.25, -0.2) is 4.79 Å². The van der Waals surface area contributed by atoms with Gasteiger partial charge in [-0.15, -0.1) is 0 Å². The van der Waals surface area contributed by atoms with Crippen LogP contribution in [0.15, 0.2) is 24.3 Å². The van der Waals surface area contributed by atoms with Crippen LogP contribution < -0.4 is 54.0 Å². The van der Waals surface area contributed by atoms with Crippen LogP contribution in [0, 0.1) is 0 Å². The number of aliphatic carboxylic acids is 2. The van der Waals surface area contributed by atoms with Crippen molar-refractivity contribution in [3.8, 4) is 5.75 Å². The molecule has 0 aliphatic heterocycles. The van der Waals surface area contributed by atoms with Crippen molar-refractivity contribution in [1.29, 1.82) is 0 Å². The van der Waals surface area contributed by atoms with Gasteiger partial charge in [0.25, 0.3) is 0 Å². The molecule has 70 heavy (non-hydrogen) atoms. The van der Waals surface area contributed by atoms with Crippen molar-refractivity contribution in [2.45, 2.75) is 120 Å². The number of phenolic OH excluding ortho intramolecular Hbond substituents is 1. The molecule has 0 heterocycles. The van der Waals surface area contributed by atoms with Gasteiger partial charge in [0.1, 0.15) is 48.0 Å². The number of carbonyl (C=O) groups excluding carboxylic acids is 9. The summed E-state index contributed by atoms with van der Waals surface area (Å²) >= 11 is 2.58. The van der Waals surface area contributed by atoms with Crippen LogP contribution in [0.2, 0.25) is 0 Å². The van der Waals surface area contributed by atoms with E-state index in [1.54, 1.807) is 31.6 Å². The van der Waals surface area contributed by atoms with Crippen molar-refractivity contribution in [2.24, 2.45) is 11.5 Å². The average molecular weight is 1030 g/mol. The molecule has 0 unspecified atom stereocenters. The molecule has 1 aromatic rings. The summed E-state index contributed by atoms with van der Waals surface area (Å²) in [6.45, 7) is 0.827. The summed E-state index contributed by atoms with van der Waals surface area (Å²) in [4.78, 5) is 141. The number of thioether (sulfide) groups is 2. The second kappa shape index (κ2) is 32.6. The van der Waals surface area contributed by atoms with Crippen molar-refractivity contribution in [2.75, 3.05) is 37.2 Å². The van der Waals surface area contributed by atoms with E-state index in [4.69, 9.17) is 11.5 Å². The zero-order valence-corrected chi connectivity index (χ0v) is 40.8. The predicted octanol–water partition coefficient (Wildman–Crippen LogP) is -4.72. The minimum absolute atomic E-state index is 0.00152. The van der Waals surface area contributed by atoms with E-state index in [1.165, 1.54) is 35.7 Å². The molecule has 9 amide bonds. The molecule has 9 atom stereocenters. The van der Waals surface area contributed by atoms with E-state index in [9.17, 15) is 78.3 Å². The number of carboxylic acids is 2. The van der Waals surface area contributed by atoms with Crippen molar-refractivity contribution in [3.05, 3.63) is 29.8 Å². The summed E-state index contributed by atoms with van der Waals surface area (Å²) in [5.74, 6) is -11.3. The fourth-order valence-electron chi connectivity index (χ4n) is 6.22. The molecule has 0 spiro atoms. The number of benzene rings is 1. The van der Waals surface area contributed by atoms with Gasteiger partial charge >= 0.3 is 11.9 Å². The maximum atomic E-state index is 13.5. The summed E-state index contributed by atoms with van der Waals surface area (Å²) in [5, 5.41) is 67.3. The highest BCUT2D eigenvalue weighted by molar-refractivity contribution is 7.98. The standard InChI is InChI=1S/C42H66N10O16S2/c1-5-6-28(42(67)68)49-37(62)25(11-12-31(44)56)47-40(65)30(20-53)51-39(64)27(14-16-70-4)48-41(66)34(21(2)54)52-32(57)19-45-36(61)29(18-33(58)59)50-38(63)26(13-15-69-3)46-35(60)24(43)17-22-7-9-23(55)10-8-22/h7-10,21,24-30,34,53-55H,5-6,11-20,43H2,1-4H3,(H2,44,56)(H,45,61)(H,46,60)(H,47,65)(H,48,66)(H,49,62)(H,50,63)(H,51,64)(H,52,57)(H,58,59)(H,67,68)/t21-,24+,25+,26+,27+,28+,29+,30+,34+/m1/s1. The van der Waals surface area contributed by atoms with Crippen molar-refractivity contribution < 1.29 is 78.3 Å². The smallest absolute Gasteiger partial charge is 0.326 e. The molecule has 1 rings (SSSR count). The van der Waals surface area contributed by atoms with Gasteiger partial charge in [0, 0.05) is 6.42 Å². The molecule has 0 radical (unpaired) electrons. The highest BCUT2D eigenvalue weighted by Gasteiger charge is 2.34. The first-order chi connectivity index (χ1) is 33.0. The molecule has 0 aromatic heterocycles. The fraction of sp³-hybridized carbons (Fsp3) is 0.595. The molecule has 1 aromatic carbocycles. The Morgan fingerprint density at radius 3 is 1.57 bits per heavy atom. The van der Waals surface area contributed by atoms with Gasteiger partial charge in [0.15, 0.2) is 0 Å². The lowest BCUT2D eigenvalue weighted by Crippen LogP contribution is -2.61. The van der Waals surface area contributed by atoms with Gasteiger partial charge in [-0.05, 0) is 80.7 Å². The maximum absolute atomic E-state index is 13.5. The maximum Gasteiger partial charge on any atom is 0.326 e. The molecule has 0 fully saturated rings. The lowest BCUT2D eigenvalue weighted by molar-refractivity contribution is -0.143. The molecule has 0 saturated carbocycles. The quantitative estimate of drug-likeness (QED) is 0.0308. The van der Waals surface area contributed by atoms with E-state index in [1.807, 2.05) is 0 Å². The molecule has 392 valence electrons. The van der Waals surface area contributed by atoms with Crippen molar-refractivity contribution in [3.63, 3.8) is 0 Å². The lowest BCUT2D eigenvalue weighted by Gasteiger charge is -2.27. The Morgan fingerprint density at radius 1 is 0.629 bits per heavy atom. The summed E-state index contributed by atoms with van der Waals surface area (Å²) in [5.41, 5.74) is 11.9. The Hall–Kier alpha value is -6.23. The van der Waals surface area contributed by atoms with Crippen LogP contribution in [0.1, 0.15) is 64.4 Å². The Balaban J connectivity index is 3.10. The number of hydrogen-bond donors (Lipinski definition) is 15. The number of primary amides is 1. The van der Waals surface area contributed by atoms with Gasteiger partial charge < -0.3 is 79.5 Å². The lowest BCUT2D eigenvalue weighted by atomic mass is 10.0. The largest absolute Gasteiger partial charge is 0.508 e. The number of hydrogen-bond acceptors (Lipinski definition) is 17. The van der Waals surface area contributed by atoms with Crippen LogP contribution in [0.3, 0.4) is 0 Å². The third-order valence-electron chi connectivity index (χ3n) is 10.1.